The van der Waals surface area contributed by atoms with E-state index in [2.05, 4.69) is 10.6 Å². The first-order valence-corrected chi connectivity index (χ1v) is 8.94. The summed E-state index contributed by atoms with van der Waals surface area (Å²) in [6, 6.07) is 27.7. The zero-order valence-electron chi connectivity index (χ0n) is 15.0. The molecule has 0 saturated carbocycles. The summed E-state index contributed by atoms with van der Waals surface area (Å²) < 4.78 is 0. The van der Waals surface area contributed by atoms with Gasteiger partial charge >= 0.3 is 0 Å². The molecule has 136 valence electrons. The summed E-state index contributed by atoms with van der Waals surface area (Å²) >= 11 is 0. The summed E-state index contributed by atoms with van der Waals surface area (Å²) in [6.07, 6.45) is 0.431. The smallest absolute Gasteiger partial charge is 0.251 e. The van der Waals surface area contributed by atoms with E-state index >= 15 is 0 Å². The summed E-state index contributed by atoms with van der Waals surface area (Å²) in [5, 5.41) is 5.79. The van der Waals surface area contributed by atoms with Crippen molar-refractivity contribution in [2.24, 2.45) is 0 Å². The largest absolute Gasteiger partial charge is 0.350 e. The first kappa shape index (κ1) is 18.4. The average molecular weight is 358 g/mol. The number of hydrogen-bond acceptors (Lipinski definition) is 2. The predicted octanol–water partition coefficient (Wildman–Crippen LogP) is 3.34. The lowest BCUT2D eigenvalue weighted by molar-refractivity contribution is -0.123. The fraction of sp³-hybridized carbons (Fsp3) is 0.130. The van der Waals surface area contributed by atoms with Crippen LogP contribution in [0.4, 0.5) is 0 Å². The molecule has 0 heterocycles. The van der Waals surface area contributed by atoms with Crippen LogP contribution < -0.4 is 10.6 Å². The number of amides is 2. The van der Waals surface area contributed by atoms with Crippen molar-refractivity contribution in [3.8, 4) is 0 Å². The van der Waals surface area contributed by atoms with Crippen LogP contribution in [0.25, 0.3) is 0 Å². The molecule has 3 aromatic carbocycles. The molecular formula is C23H22N2O2. The molecule has 3 rings (SSSR count). The predicted molar refractivity (Wildman–Crippen MR) is 106 cm³/mol. The summed E-state index contributed by atoms with van der Waals surface area (Å²) in [5.41, 5.74) is 2.54. The van der Waals surface area contributed by atoms with Crippen molar-refractivity contribution >= 4 is 11.8 Å². The van der Waals surface area contributed by atoms with Crippen LogP contribution in [-0.4, -0.2) is 17.9 Å². The van der Waals surface area contributed by atoms with E-state index in [1.165, 1.54) is 0 Å². The van der Waals surface area contributed by atoms with Crippen molar-refractivity contribution in [2.75, 3.05) is 0 Å². The van der Waals surface area contributed by atoms with Crippen LogP contribution in [0, 0.1) is 0 Å². The monoisotopic (exact) mass is 358 g/mol. The Hall–Kier alpha value is -3.40. The van der Waals surface area contributed by atoms with Gasteiger partial charge in [0, 0.05) is 18.5 Å². The number of hydrogen-bond donors (Lipinski definition) is 2. The van der Waals surface area contributed by atoms with Crippen molar-refractivity contribution in [2.45, 2.75) is 19.0 Å². The zero-order chi connectivity index (χ0) is 18.9. The highest BCUT2D eigenvalue weighted by Gasteiger charge is 2.21. The van der Waals surface area contributed by atoms with E-state index in [4.69, 9.17) is 0 Å². The molecule has 3 aromatic rings. The molecule has 0 aliphatic heterocycles. The van der Waals surface area contributed by atoms with Crippen LogP contribution in [0.15, 0.2) is 91.0 Å². The number of benzene rings is 3. The second-order valence-electron chi connectivity index (χ2n) is 6.29. The highest BCUT2D eigenvalue weighted by atomic mass is 16.2. The van der Waals surface area contributed by atoms with Crippen molar-refractivity contribution < 1.29 is 9.59 Å². The lowest BCUT2D eigenvalue weighted by Gasteiger charge is -2.19. The van der Waals surface area contributed by atoms with Gasteiger partial charge in [0.1, 0.15) is 6.04 Å². The number of nitrogens with one attached hydrogen (secondary N) is 2. The van der Waals surface area contributed by atoms with Gasteiger partial charge in [-0.1, -0.05) is 78.9 Å². The number of carbonyl (C=O) groups is 2. The van der Waals surface area contributed by atoms with E-state index in [1.807, 2.05) is 66.7 Å². The maximum Gasteiger partial charge on any atom is 0.251 e. The van der Waals surface area contributed by atoms with E-state index < -0.39 is 6.04 Å². The molecule has 0 aliphatic carbocycles. The average Bonchev–Trinajstić information content (AvgIpc) is 2.73. The topological polar surface area (TPSA) is 58.2 Å². The van der Waals surface area contributed by atoms with Gasteiger partial charge in [0.25, 0.3) is 5.91 Å². The summed E-state index contributed by atoms with van der Waals surface area (Å²) in [4.78, 5) is 25.3. The van der Waals surface area contributed by atoms with E-state index in [9.17, 15) is 9.59 Å². The van der Waals surface area contributed by atoms with Gasteiger partial charge in [0.2, 0.25) is 5.91 Å². The Bertz CT molecular complexity index is 865. The fourth-order valence-corrected chi connectivity index (χ4v) is 2.80. The van der Waals surface area contributed by atoms with Crippen molar-refractivity contribution in [3.05, 3.63) is 108 Å². The molecule has 0 aromatic heterocycles. The minimum atomic E-state index is -0.649. The first-order chi connectivity index (χ1) is 13.2. The number of carbonyl (C=O) groups excluding carboxylic acids is 2. The second-order valence-corrected chi connectivity index (χ2v) is 6.29. The van der Waals surface area contributed by atoms with Crippen molar-refractivity contribution in [3.63, 3.8) is 0 Å². The Balaban J connectivity index is 1.70. The molecule has 0 radical (unpaired) electrons. The van der Waals surface area contributed by atoms with Gasteiger partial charge in [0.05, 0.1) is 0 Å². The van der Waals surface area contributed by atoms with Gasteiger partial charge in [0.15, 0.2) is 0 Å². The lowest BCUT2D eigenvalue weighted by atomic mass is 10.0. The molecule has 0 spiro atoms. The van der Waals surface area contributed by atoms with E-state index in [1.54, 1.807) is 24.3 Å². The maximum atomic E-state index is 12.8. The SMILES string of the molecule is O=C(N[C@H](Cc1ccccc1)C(=O)NCc1ccccc1)c1ccccc1. The van der Waals surface area contributed by atoms with Crippen molar-refractivity contribution in [1.82, 2.24) is 10.6 Å². The quantitative estimate of drug-likeness (QED) is 0.680. The summed E-state index contributed by atoms with van der Waals surface area (Å²) in [5.74, 6) is -0.460. The van der Waals surface area contributed by atoms with E-state index in [-0.39, 0.29) is 11.8 Å². The molecule has 4 nitrogen and oxygen atoms in total. The molecule has 1 atom stereocenters. The van der Waals surface area contributed by atoms with Crippen molar-refractivity contribution in [1.29, 1.82) is 0 Å². The van der Waals surface area contributed by atoms with E-state index in [0.29, 0.717) is 18.5 Å². The highest BCUT2D eigenvalue weighted by Crippen LogP contribution is 2.06. The molecule has 2 amide bonds. The maximum absolute atomic E-state index is 12.8. The summed E-state index contributed by atoms with van der Waals surface area (Å²) in [6.45, 7) is 0.423. The van der Waals surface area contributed by atoms with Gasteiger partial charge in [-0.15, -0.1) is 0 Å². The van der Waals surface area contributed by atoms with Gasteiger partial charge in [-0.25, -0.2) is 0 Å². The van der Waals surface area contributed by atoms with E-state index in [0.717, 1.165) is 11.1 Å². The third-order valence-electron chi connectivity index (χ3n) is 4.25. The minimum absolute atomic E-state index is 0.202. The van der Waals surface area contributed by atoms with Crippen LogP contribution in [-0.2, 0) is 17.8 Å². The van der Waals surface area contributed by atoms with Gasteiger partial charge < -0.3 is 10.6 Å². The minimum Gasteiger partial charge on any atom is -0.350 e. The Labute approximate surface area is 159 Å². The molecule has 4 heteroatoms. The molecule has 0 saturated heterocycles. The normalized spacial score (nSPS) is 11.4. The second kappa shape index (κ2) is 9.34. The van der Waals surface area contributed by atoms with Gasteiger partial charge in [-0.3, -0.25) is 9.59 Å². The van der Waals surface area contributed by atoms with Crippen LogP contribution in [0.5, 0.6) is 0 Å². The van der Waals surface area contributed by atoms with Gasteiger partial charge in [-0.05, 0) is 23.3 Å². The van der Waals surface area contributed by atoms with Gasteiger partial charge in [-0.2, -0.15) is 0 Å². The molecule has 0 fully saturated rings. The Morgan fingerprint density at radius 2 is 1.22 bits per heavy atom. The Kier molecular flexibility index (Phi) is 6.36. The van der Waals surface area contributed by atoms with Crippen LogP contribution in [0.2, 0.25) is 0 Å². The molecule has 0 unspecified atom stereocenters. The molecular weight excluding hydrogens is 336 g/mol. The Morgan fingerprint density at radius 1 is 0.704 bits per heavy atom. The molecule has 0 bridgehead atoms. The lowest BCUT2D eigenvalue weighted by Crippen LogP contribution is -2.47. The summed E-state index contributed by atoms with van der Waals surface area (Å²) in [7, 11) is 0. The van der Waals surface area contributed by atoms with Crippen LogP contribution in [0.3, 0.4) is 0 Å². The molecule has 27 heavy (non-hydrogen) atoms. The third-order valence-corrected chi connectivity index (χ3v) is 4.25. The molecule has 2 N–H and O–H groups in total. The highest BCUT2D eigenvalue weighted by molar-refractivity contribution is 5.97. The zero-order valence-corrected chi connectivity index (χ0v) is 15.0. The number of rotatable bonds is 7. The van der Waals surface area contributed by atoms with Crippen LogP contribution in [0.1, 0.15) is 21.5 Å². The first-order valence-electron chi connectivity index (χ1n) is 8.94. The Morgan fingerprint density at radius 3 is 1.81 bits per heavy atom. The molecule has 0 aliphatic rings. The standard InChI is InChI=1S/C23H22N2O2/c26-22(20-14-8-3-9-15-20)25-21(16-18-10-4-1-5-11-18)23(27)24-17-19-12-6-2-7-13-19/h1-15,21H,16-17H2,(H,24,27)(H,25,26)/t21-/m1/s1. The van der Waals surface area contributed by atoms with Crippen LogP contribution >= 0.6 is 0 Å². The third kappa shape index (κ3) is 5.54. The fourth-order valence-electron chi connectivity index (χ4n) is 2.80.